The van der Waals surface area contributed by atoms with Gasteiger partial charge in [0.25, 0.3) is 0 Å². The van der Waals surface area contributed by atoms with Gasteiger partial charge >= 0.3 is 0 Å². The Kier molecular flexibility index (Phi) is 3.59. The number of phenolic OH excluding ortho intramolecular Hbond substituents is 1. The van der Waals surface area contributed by atoms with Crippen LogP contribution < -0.4 is 9.64 Å². The number of likely N-dealkylation sites (N-methyl/N-ethyl adjacent to an activating group) is 1. The molecule has 1 aromatic carbocycles. The van der Waals surface area contributed by atoms with Gasteiger partial charge < -0.3 is 19.8 Å². The molecule has 0 radical (unpaired) electrons. The van der Waals surface area contributed by atoms with E-state index in [9.17, 15) is 5.11 Å². The van der Waals surface area contributed by atoms with Crippen molar-refractivity contribution in [2.24, 2.45) is 0 Å². The van der Waals surface area contributed by atoms with E-state index in [1.54, 1.807) is 37.3 Å². The van der Waals surface area contributed by atoms with Crippen LogP contribution in [-0.4, -0.2) is 37.5 Å². The third-order valence-corrected chi connectivity index (χ3v) is 2.03. The summed E-state index contributed by atoms with van der Waals surface area (Å²) in [6.07, 6.45) is 0. The second kappa shape index (κ2) is 4.72. The van der Waals surface area contributed by atoms with Gasteiger partial charge in [-0.2, -0.15) is 0 Å². The predicted molar refractivity (Wildman–Crippen MR) is 55.0 cm³/mol. The molecular formula is C10H15NO3. The van der Waals surface area contributed by atoms with Gasteiger partial charge in [-0.25, -0.2) is 0 Å². The SMILES string of the molecule is COc1ccc(O)c(N(C)CCO)c1. The second-order valence-electron chi connectivity index (χ2n) is 3.00. The van der Waals surface area contributed by atoms with Crippen molar-refractivity contribution in [1.82, 2.24) is 0 Å². The number of aliphatic hydroxyl groups excluding tert-OH is 1. The number of phenols is 1. The number of nitrogens with zero attached hydrogens (tertiary/aromatic N) is 1. The predicted octanol–water partition coefficient (Wildman–Crippen LogP) is 0.829. The Morgan fingerprint density at radius 2 is 2.14 bits per heavy atom. The fourth-order valence-electron chi connectivity index (χ4n) is 1.21. The van der Waals surface area contributed by atoms with Crippen LogP contribution in [0.15, 0.2) is 18.2 Å². The van der Waals surface area contributed by atoms with Gasteiger partial charge in [0, 0.05) is 19.7 Å². The maximum absolute atomic E-state index is 9.55. The van der Waals surface area contributed by atoms with E-state index in [0.717, 1.165) is 0 Å². The zero-order valence-corrected chi connectivity index (χ0v) is 8.40. The van der Waals surface area contributed by atoms with E-state index in [0.29, 0.717) is 18.0 Å². The molecule has 0 spiro atoms. The fraction of sp³-hybridized carbons (Fsp3) is 0.400. The maximum atomic E-state index is 9.55. The van der Waals surface area contributed by atoms with Gasteiger partial charge in [-0.15, -0.1) is 0 Å². The van der Waals surface area contributed by atoms with Gasteiger partial charge in [0.1, 0.15) is 11.5 Å². The Bertz CT molecular complexity index is 301. The minimum absolute atomic E-state index is 0.0488. The van der Waals surface area contributed by atoms with Crippen LogP contribution in [-0.2, 0) is 0 Å². The minimum atomic E-state index is 0.0488. The molecule has 0 aliphatic carbocycles. The molecule has 78 valence electrons. The van der Waals surface area contributed by atoms with Crippen molar-refractivity contribution in [3.8, 4) is 11.5 Å². The monoisotopic (exact) mass is 197 g/mol. The number of aromatic hydroxyl groups is 1. The first kappa shape index (κ1) is 10.7. The number of aliphatic hydroxyl groups is 1. The molecule has 0 aliphatic heterocycles. The summed E-state index contributed by atoms with van der Waals surface area (Å²) in [4.78, 5) is 1.76. The molecule has 14 heavy (non-hydrogen) atoms. The molecule has 0 unspecified atom stereocenters. The van der Waals surface area contributed by atoms with Crippen LogP contribution in [0.3, 0.4) is 0 Å². The normalized spacial score (nSPS) is 9.93. The molecule has 0 amide bonds. The second-order valence-corrected chi connectivity index (χ2v) is 3.00. The quantitative estimate of drug-likeness (QED) is 0.750. The molecule has 0 bridgehead atoms. The number of ether oxygens (including phenoxy) is 1. The van der Waals surface area contributed by atoms with Crippen LogP contribution in [0, 0.1) is 0 Å². The molecule has 0 heterocycles. The van der Waals surface area contributed by atoms with Crippen molar-refractivity contribution in [2.45, 2.75) is 0 Å². The van der Waals surface area contributed by atoms with Crippen LogP contribution in [0.25, 0.3) is 0 Å². The molecule has 0 saturated heterocycles. The highest BCUT2D eigenvalue weighted by Crippen LogP contribution is 2.30. The van der Waals surface area contributed by atoms with Crippen LogP contribution in [0.5, 0.6) is 11.5 Å². The Balaban J connectivity index is 2.93. The summed E-state index contributed by atoms with van der Waals surface area (Å²) in [6, 6.07) is 4.98. The first-order valence-electron chi connectivity index (χ1n) is 4.38. The van der Waals surface area contributed by atoms with Crippen molar-refractivity contribution in [1.29, 1.82) is 0 Å². The number of anilines is 1. The average molecular weight is 197 g/mol. The molecular weight excluding hydrogens is 182 g/mol. The van der Waals surface area contributed by atoms with Crippen LogP contribution >= 0.6 is 0 Å². The molecule has 0 atom stereocenters. The van der Waals surface area contributed by atoms with Crippen molar-refractivity contribution < 1.29 is 14.9 Å². The molecule has 4 heteroatoms. The highest BCUT2D eigenvalue weighted by molar-refractivity contribution is 5.60. The van der Waals surface area contributed by atoms with E-state index in [-0.39, 0.29) is 12.4 Å². The summed E-state index contributed by atoms with van der Waals surface area (Å²) < 4.78 is 5.04. The number of rotatable bonds is 4. The molecule has 1 rings (SSSR count). The molecule has 0 aromatic heterocycles. The van der Waals surface area contributed by atoms with E-state index >= 15 is 0 Å². The lowest BCUT2D eigenvalue weighted by Gasteiger charge is -2.19. The van der Waals surface area contributed by atoms with Gasteiger partial charge in [0.05, 0.1) is 19.4 Å². The van der Waals surface area contributed by atoms with Gasteiger partial charge in [-0.1, -0.05) is 0 Å². The standard InChI is InChI=1S/C10H15NO3/c1-11(5-6-12)9-7-8(14-2)3-4-10(9)13/h3-4,7,12-13H,5-6H2,1-2H3. The number of methoxy groups -OCH3 is 1. The van der Waals surface area contributed by atoms with Crippen LogP contribution in [0.1, 0.15) is 0 Å². The van der Waals surface area contributed by atoms with Gasteiger partial charge in [0.15, 0.2) is 0 Å². The van der Waals surface area contributed by atoms with Crippen molar-refractivity contribution in [2.75, 3.05) is 32.2 Å². The third kappa shape index (κ3) is 2.29. The van der Waals surface area contributed by atoms with Crippen molar-refractivity contribution in [3.63, 3.8) is 0 Å². The average Bonchev–Trinajstić information content (AvgIpc) is 2.19. The lowest BCUT2D eigenvalue weighted by molar-refractivity contribution is 0.303. The molecule has 4 nitrogen and oxygen atoms in total. The summed E-state index contributed by atoms with van der Waals surface area (Å²) in [7, 11) is 3.37. The fourth-order valence-corrected chi connectivity index (χ4v) is 1.21. The highest BCUT2D eigenvalue weighted by atomic mass is 16.5. The Morgan fingerprint density at radius 3 is 2.71 bits per heavy atom. The van der Waals surface area contributed by atoms with E-state index in [2.05, 4.69) is 0 Å². The zero-order valence-electron chi connectivity index (χ0n) is 8.40. The lowest BCUT2D eigenvalue weighted by atomic mass is 10.2. The molecule has 0 aliphatic rings. The van der Waals surface area contributed by atoms with E-state index in [4.69, 9.17) is 9.84 Å². The summed E-state index contributed by atoms with van der Waals surface area (Å²) in [6.45, 7) is 0.522. The number of hydrogen-bond donors (Lipinski definition) is 2. The Morgan fingerprint density at radius 1 is 1.43 bits per heavy atom. The zero-order chi connectivity index (χ0) is 10.6. The summed E-state index contributed by atoms with van der Waals surface area (Å²) in [5, 5.41) is 18.3. The lowest BCUT2D eigenvalue weighted by Crippen LogP contribution is -2.21. The minimum Gasteiger partial charge on any atom is -0.506 e. The van der Waals surface area contributed by atoms with E-state index < -0.39 is 0 Å². The molecule has 1 aromatic rings. The van der Waals surface area contributed by atoms with Crippen LogP contribution in [0.2, 0.25) is 0 Å². The number of benzene rings is 1. The van der Waals surface area contributed by atoms with Crippen LogP contribution in [0.4, 0.5) is 5.69 Å². The number of hydrogen-bond acceptors (Lipinski definition) is 4. The summed E-state index contributed by atoms with van der Waals surface area (Å²) in [5.74, 6) is 0.865. The van der Waals surface area contributed by atoms with E-state index in [1.807, 2.05) is 0 Å². The van der Waals surface area contributed by atoms with Gasteiger partial charge in [-0.3, -0.25) is 0 Å². The summed E-state index contributed by atoms with van der Waals surface area (Å²) in [5.41, 5.74) is 0.651. The molecule has 0 saturated carbocycles. The first-order valence-corrected chi connectivity index (χ1v) is 4.38. The molecule has 2 N–H and O–H groups in total. The van der Waals surface area contributed by atoms with Crippen molar-refractivity contribution in [3.05, 3.63) is 18.2 Å². The smallest absolute Gasteiger partial charge is 0.139 e. The van der Waals surface area contributed by atoms with Gasteiger partial charge in [0.2, 0.25) is 0 Å². The Hall–Kier alpha value is -1.42. The van der Waals surface area contributed by atoms with Gasteiger partial charge in [-0.05, 0) is 12.1 Å². The topological polar surface area (TPSA) is 52.9 Å². The third-order valence-electron chi connectivity index (χ3n) is 2.03. The Labute approximate surface area is 83.4 Å². The van der Waals surface area contributed by atoms with E-state index in [1.165, 1.54) is 0 Å². The highest BCUT2D eigenvalue weighted by Gasteiger charge is 2.07. The maximum Gasteiger partial charge on any atom is 0.139 e. The summed E-state index contributed by atoms with van der Waals surface area (Å²) >= 11 is 0. The first-order chi connectivity index (χ1) is 6.69. The largest absolute Gasteiger partial charge is 0.506 e. The van der Waals surface area contributed by atoms with Crippen molar-refractivity contribution >= 4 is 5.69 Å². The molecule has 0 fully saturated rings.